The molecule has 39 heavy (non-hydrogen) atoms. The number of rotatable bonds is 9. The third kappa shape index (κ3) is 5.51. The fourth-order valence-electron chi connectivity index (χ4n) is 4.73. The van der Waals surface area contributed by atoms with Crippen LogP contribution < -0.4 is 4.74 Å². The lowest BCUT2D eigenvalue weighted by Gasteiger charge is -2.29. The van der Waals surface area contributed by atoms with E-state index in [1.165, 1.54) is 6.07 Å². The first-order valence-electron chi connectivity index (χ1n) is 12.7. The smallest absolute Gasteiger partial charge is 0.372 e. The number of ether oxygens (including phenoxy) is 2. The van der Waals surface area contributed by atoms with E-state index in [0.717, 1.165) is 43.1 Å². The van der Waals surface area contributed by atoms with Crippen LogP contribution in [0.2, 0.25) is 5.02 Å². The van der Waals surface area contributed by atoms with E-state index in [1.54, 1.807) is 18.2 Å². The van der Waals surface area contributed by atoms with Gasteiger partial charge in [-0.15, -0.1) is 0 Å². The molecule has 0 bridgehead atoms. The number of nitrogens with one attached hydrogen (secondary N) is 1. The van der Waals surface area contributed by atoms with Crippen molar-refractivity contribution >= 4 is 34.4 Å². The summed E-state index contributed by atoms with van der Waals surface area (Å²) in [6.07, 6.45) is 3.96. The number of aromatic carboxylic acids is 1. The van der Waals surface area contributed by atoms with Crippen molar-refractivity contribution in [1.82, 2.24) is 29.4 Å². The van der Waals surface area contributed by atoms with Crippen LogP contribution in [0, 0.1) is 5.82 Å². The summed E-state index contributed by atoms with van der Waals surface area (Å²) in [5.41, 5.74) is 3.35. The SMILES string of the molecule is O=C(O)c1nc2c(nc(CN3CC=C(c4cccc(OCc5ccc(Cl)cc5F)n4)CC3)n2CC2CCO2)[nH]1. The van der Waals surface area contributed by atoms with Gasteiger partial charge in [0, 0.05) is 36.3 Å². The molecule has 6 rings (SSSR count). The molecule has 0 aliphatic carbocycles. The monoisotopic (exact) mass is 552 g/mol. The molecule has 2 N–H and O–H groups in total. The molecular formula is C27H26ClFN6O4. The van der Waals surface area contributed by atoms with Gasteiger partial charge in [0.25, 0.3) is 0 Å². The van der Waals surface area contributed by atoms with E-state index < -0.39 is 11.8 Å². The fourth-order valence-corrected chi connectivity index (χ4v) is 4.89. The number of carboxylic acid groups (broad SMARTS) is 1. The van der Waals surface area contributed by atoms with Gasteiger partial charge in [-0.05, 0) is 36.6 Å². The van der Waals surface area contributed by atoms with Gasteiger partial charge in [0.15, 0.2) is 11.3 Å². The van der Waals surface area contributed by atoms with Crippen molar-refractivity contribution in [2.75, 3.05) is 19.7 Å². The third-order valence-corrected chi connectivity index (χ3v) is 7.19. The Balaban J connectivity index is 1.13. The number of pyridine rings is 1. The highest BCUT2D eigenvalue weighted by Gasteiger charge is 2.26. The van der Waals surface area contributed by atoms with Crippen LogP contribution in [0.5, 0.6) is 5.88 Å². The Kier molecular flexibility index (Phi) is 7.03. The van der Waals surface area contributed by atoms with Crippen LogP contribution >= 0.6 is 11.6 Å². The molecule has 12 heteroatoms. The Morgan fingerprint density at radius 1 is 1.26 bits per heavy atom. The summed E-state index contributed by atoms with van der Waals surface area (Å²) in [6.45, 7) is 3.46. The van der Waals surface area contributed by atoms with E-state index in [2.05, 4.69) is 30.9 Å². The number of hydrogen-bond acceptors (Lipinski definition) is 7. The minimum absolute atomic E-state index is 0.0572. The van der Waals surface area contributed by atoms with Crippen LogP contribution in [0.3, 0.4) is 0 Å². The predicted octanol–water partition coefficient (Wildman–Crippen LogP) is 4.30. The van der Waals surface area contributed by atoms with Crippen molar-refractivity contribution in [2.24, 2.45) is 0 Å². The number of benzene rings is 1. The molecule has 10 nitrogen and oxygen atoms in total. The summed E-state index contributed by atoms with van der Waals surface area (Å²) >= 11 is 5.83. The maximum Gasteiger partial charge on any atom is 0.372 e. The van der Waals surface area contributed by atoms with Gasteiger partial charge in [-0.3, -0.25) is 4.90 Å². The zero-order valence-electron chi connectivity index (χ0n) is 20.9. The number of fused-ring (bicyclic) bond motifs is 1. The lowest BCUT2D eigenvalue weighted by atomic mass is 10.0. The number of nitrogens with zero attached hydrogens (tertiary/aromatic N) is 5. The number of hydrogen-bond donors (Lipinski definition) is 2. The summed E-state index contributed by atoms with van der Waals surface area (Å²) in [5.74, 6) is -0.408. The lowest BCUT2D eigenvalue weighted by Crippen LogP contribution is -2.33. The standard InChI is InChI=1S/C27H26ClFN6O4/c28-18-5-4-17(20(29)12-18)15-39-23-3-1-2-21(30-23)16-6-9-34(10-7-16)14-22-31-24-26(33-25(32-24)27(36)37)35(22)13-19-8-11-38-19/h1-6,12,19H,7-11,13-15H2,(H,32,33)(H,36,37). The number of aromatic amines is 1. The second kappa shape index (κ2) is 10.8. The summed E-state index contributed by atoms with van der Waals surface area (Å²) in [4.78, 5) is 30.0. The second-order valence-electron chi connectivity index (χ2n) is 9.58. The molecule has 0 amide bonds. The molecule has 202 valence electrons. The van der Waals surface area contributed by atoms with E-state index in [1.807, 2.05) is 16.7 Å². The minimum Gasteiger partial charge on any atom is -0.475 e. The van der Waals surface area contributed by atoms with Crippen LogP contribution in [0.1, 0.15) is 40.5 Å². The number of aromatic nitrogens is 5. The number of H-pyrrole nitrogens is 1. The molecule has 0 saturated carbocycles. The molecule has 4 aromatic rings. The normalized spacial score (nSPS) is 17.7. The summed E-state index contributed by atoms with van der Waals surface area (Å²) in [7, 11) is 0. The number of carbonyl (C=O) groups is 1. The molecular weight excluding hydrogens is 527 g/mol. The number of carboxylic acids is 1. The molecule has 3 aromatic heterocycles. The quantitative estimate of drug-likeness (QED) is 0.315. The molecule has 1 aromatic carbocycles. The summed E-state index contributed by atoms with van der Waals surface area (Å²) < 4.78 is 27.4. The molecule has 2 aliphatic heterocycles. The Hall–Kier alpha value is -3.80. The van der Waals surface area contributed by atoms with Crippen LogP contribution in [-0.4, -0.2) is 66.3 Å². The molecule has 1 fully saturated rings. The van der Waals surface area contributed by atoms with Crippen LogP contribution in [-0.2, 0) is 24.4 Å². The van der Waals surface area contributed by atoms with Crippen molar-refractivity contribution < 1.29 is 23.8 Å². The summed E-state index contributed by atoms with van der Waals surface area (Å²) in [5, 5.41) is 9.64. The number of halogens is 2. The minimum atomic E-state index is -1.12. The second-order valence-corrected chi connectivity index (χ2v) is 10.0. The third-order valence-electron chi connectivity index (χ3n) is 6.96. The average molecular weight is 553 g/mol. The maximum atomic E-state index is 14.1. The molecule has 5 heterocycles. The lowest BCUT2D eigenvalue weighted by molar-refractivity contribution is -0.0592. The highest BCUT2D eigenvalue weighted by atomic mass is 35.5. The molecule has 0 spiro atoms. The zero-order chi connectivity index (χ0) is 26.9. The van der Waals surface area contributed by atoms with Crippen LogP contribution in [0.25, 0.3) is 16.9 Å². The van der Waals surface area contributed by atoms with Crippen molar-refractivity contribution in [3.8, 4) is 5.88 Å². The van der Waals surface area contributed by atoms with Gasteiger partial charge in [-0.25, -0.2) is 24.1 Å². The molecule has 1 unspecified atom stereocenters. The van der Waals surface area contributed by atoms with E-state index in [4.69, 9.17) is 21.1 Å². The summed E-state index contributed by atoms with van der Waals surface area (Å²) in [6, 6.07) is 10.1. The van der Waals surface area contributed by atoms with E-state index in [9.17, 15) is 14.3 Å². The van der Waals surface area contributed by atoms with E-state index in [-0.39, 0.29) is 18.5 Å². The van der Waals surface area contributed by atoms with Gasteiger partial charge in [0.2, 0.25) is 11.7 Å². The van der Waals surface area contributed by atoms with Gasteiger partial charge >= 0.3 is 5.97 Å². The van der Waals surface area contributed by atoms with Gasteiger partial charge in [-0.1, -0.05) is 29.8 Å². The van der Waals surface area contributed by atoms with E-state index in [0.29, 0.717) is 47.4 Å². The number of imidazole rings is 2. The zero-order valence-corrected chi connectivity index (χ0v) is 21.7. The van der Waals surface area contributed by atoms with Crippen molar-refractivity contribution in [3.63, 3.8) is 0 Å². The first kappa shape index (κ1) is 25.5. The van der Waals surface area contributed by atoms with Crippen molar-refractivity contribution in [3.05, 3.63) is 76.2 Å². The highest BCUT2D eigenvalue weighted by molar-refractivity contribution is 6.30. The van der Waals surface area contributed by atoms with E-state index >= 15 is 0 Å². The first-order chi connectivity index (χ1) is 18.9. The Bertz CT molecular complexity index is 1560. The van der Waals surface area contributed by atoms with Crippen LogP contribution in [0.15, 0.2) is 42.5 Å². The average Bonchev–Trinajstić information content (AvgIpc) is 3.45. The van der Waals surface area contributed by atoms with Gasteiger partial charge in [0.1, 0.15) is 18.2 Å². The molecule has 0 radical (unpaired) electrons. The van der Waals surface area contributed by atoms with Crippen LogP contribution in [0.4, 0.5) is 4.39 Å². The maximum absolute atomic E-state index is 14.1. The molecule has 2 aliphatic rings. The van der Waals surface area contributed by atoms with Crippen molar-refractivity contribution in [1.29, 1.82) is 0 Å². The Morgan fingerprint density at radius 2 is 2.13 bits per heavy atom. The Labute approximate surface area is 228 Å². The predicted molar refractivity (Wildman–Crippen MR) is 141 cm³/mol. The first-order valence-corrected chi connectivity index (χ1v) is 13.1. The highest BCUT2D eigenvalue weighted by Crippen LogP contribution is 2.26. The largest absolute Gasteiger partial charge is 0.475 e. The van der Waals surface area contributed by atoms with Gasteiger partial charge in [-0.2, -0.15) is 0 Å². The molecule has 1 atom stereocenters. The fraction of sp³-hybridized carbons (Fsp3) is 0.333. The van der Waals surface area contributed by atoms with Gasteiger partial charge in [0.05, 0.1) is 24.9 Å². The van der Waals surface area contributed by atoms with Gasteiger partial charge < -0.3 is 24.1 Å². The molecule has 1 saturated heterocycles. The topological polar surface area (TPSA) is 118 Å². The van der Waals surface area contributed by atoms with Crippen molar-refractivity contribution in [2.45, 2.75) is 38.6 Å². The Morgan fingerprint density at radius 3 is 2.85 bits per heavy atom.